The van der Waals surface area contributed by atoms with Crippen molar-refractivity contribution in [1.82, 2.24) is 5.01 Å². The maximum atomic E-state index is 13.4. The van der Waals surface area contributed by atoms with Gasteiger partial charge < -0.3 is 4.74 Å². The van der Waals surface area contributed by atoms with Crippen LogP contribution in [0.1, 0.15) is 39.7 Å². The molecule has 8 nitrogen and oxygen atoms in total. The number of aryl methyl sites for hydroxylation is 1. The lowest BCUT2D eigenvalue weighted by atomic mass is 9.92. The van der Waals surface area contributed by atoms with Crippen LogP contribution in [0.2, 0.25) is 0 Å². The Morgan fingerprint density at radius 2 is 1.83 bits per heavy atom. The number of para-hydroxylation sites is 1. The molecule has 2 amide bonds. The number of carbonyl (C=O) groups excluding carboxylic acids is 4. The van der Waals surface area contributed by atoms with E-state index < -0.39 is 35.3 Å². The molecule has 0 aromatic heterocycles. The summed E-state index contributed by atoms with van der Waals surface area (Å²) in [5.74, 6) is -2.87. The van der Waals surface area contributed by atoms with Crippen LogP contribution in [0.4, 0.5) is 5.69 Å². The van der Waals surface area contributed by atoms with Crippen molar-refractivity contribution in [3.8, 4) is 0 Å². The molecule has 1 fully saturated rings. The van der Waals surface area contributed by atoms with Crippen molar-refractivity contribution in [2.75, 3.05) is 12.0 Å². The molecule has 0 spiro atoms. The van der Waals surface area contributed by atoms with Gasteiger partial charge in [-0.1, -0.05) is 25.1 Å². The van der Waals surface area contributed by atoms with Crippen molar-refractivity contribution in [3.05, 3.63) is 29.8 Å². The zero-order valence-electron chi connectivity index (χ0n) is 17.3. The number of amides is 2. The van der Waals surface area contributed by atoms with Crippen LogP contribution in [-0.2, 0) is 30.3 Å². The highest BCUT2D eigenvalue weighted by atomic mass is 16.5. The largest absolute Gasteiger partial charge is 0.464 e. The molecule has 154 valence electrons. The maximum absolute atomic E-state index is 13.4. The first kappa shape index (κ1) is 20.7. The first-order chi connectivity index (χ1) is 13.6. The molecule has 0 N–H and O–H groups in total. The molecule has 2 atom stereocenters. The van der Waals surface area contributed by atoms with Gasteiger partial charge in [-0.3, -0.25) is 19.4 Å². The Labute approximate surface area is 169 Å². The van der Waals surface area contributed by atoms with Crippen molar-refractivity contribution in [3.63, 3.8) is 0 Å². The summed E-state index contributed by atoms with van der Waals surface area (Å²) in [7, 11) is 1.20. The first-order valence-electron chi connectivity index (χ1n) is 9.55. The second-order valence-electron chi connectivity index (χ2n) is 7.93. The van der Waals surface area contributed by atoms with E-state index in [1.54, 1.807) is 26.0 Å². The third-order valence-corrected chi connectivity index (χ3v) is 5.36. The molecule has 0 radical (unpaired) electrons. The van der Waals surface area contributed by atoms with Crippen LogP contribution in [0.5, 0.6) is 0 Å². The van der Waals surface area contributed by atoms with Crippen molar-refractivity contribution in [2.24, 2.45) is 11.0 Å². The summed E-state index contributed by atoms with van der Waals surface area (Å²) in [6, 6.07) is 6.19. The first-order valence-corrected chi connectivity index (χ1v) is 9.55. The SMILES string of the molecule is CCc1ccccc1N1C(=O)C2C(C(=O)OC)=NN(C(C)(C)CC(C)=O)C2C1=O. The van der Waals surface area contributed by atoms with Crippen LogP contribution in [-0.4, -0.2) is 53.0 Å². The number of anilines is 1. The number of hydrazone groups is 1. The van der Waals surface area contributed by atoms with Crippen LogP contribution in [0.25, 0.3) is 0 Å². The summed E-state index contributed by atoms with van der Waals surface area (Å²) in [4.78, 5) is 52.0. The number of esters is 1. The fourth-order valence-corrected chi connectivity index (χ4v) is 4.15. The molecule has 3 rings (SSSR count). The van der Waals surface area contributed by atoms with Gasteiger partial charge in [-0.15, -0.1) is 0 Å². The lowest BCUT2D eigenvalue weighted by molar-refractivity contribution is -0.133. The van der Waals surface area contributed by atoms with Crippen LogP contribution < -0.4 is 4.90 Å². The zero-order valence-corrected chi connectivity index (χ0v) is 17.3. The smallest absolute Gasteiger partial charge is 0.355 e. The minimum Gasteiger partial charge on any atom is -0.464 e. The van der Waals surface area contributed by atoms with Gasteiger partial charge in [0.05, 0.1) is 18.3 Å². The quantitative estimate of drug-likeness (QED) is 0.534. The fraction of sp³-hybridized carbons (Fsp3) is 0.476. The van der Waals surface area contributed by atoms with Gasteiger partial charge in [0.15, 0.2) is 5.71 Å². The average molecular weight is 399 g/mol. The number of rotatable bonds is 6. The molecule has 1 saturated heterocycles. The third kappa shape index (κ3) is 3.32. The van der Waals surface area contributed by atoms with E-state index in [1.165, 1.54) is 19.0 Å². The monoisotopic (exact) mass is 399 g/mol. The lowest BCUT2D eigenvalue weighted by Crippen LogP contribution is -2.50. The van der Waals surface area contributed by atoms with E-state index in [0.717, 1.165) is 10.5 Å². The van der Waals surface area contributed by atoms with E-state index in [4.69, 9.17) is 4.74 Å². The van der Waals surface area contributed by atoms with Crippen LogP contribution in [0.15, 0.2) is 29.4 Å². The molecule has 2 aliphatic heterocycles. The Hall–Kier alpha value is -3.03. The summed E-state index contributed by atoms with van der Waals surface area (Å²) >= 11 is 0. The number of hydrogen-bond donors (Lipinski definition) is 0. The van der Waals surface area contributed by atoms with Gasteiger partial charge in [-0.25, -0.2) is 9.69 Å². The number of nitrogens with zero attached hydrogens (tertiary/aromatic N) is 3. The second kappa shape index (κ2) is 7.42. The third-order valence-electron chi connectivity index (χ3n) is 5.36. The Kier molecular flexibility index (Phi) is 5.30. The van der Waals surface area contributed by atoms with Crippen molar-refractivity contribution >= 4 is 35.0 Å². The Morgan fingerprint density at radius 1 is 1.17 bits per heavy atom. The van der Waals surface area contributed by atoms with Gasteiger partial charge in [0, 0.05) is 6.42 Å². The summed E-state index contributed by atoms with van der Waals surface area (Å²) in [6.07, 6.45) is 0.751. The molecule has 0 saturated carbocycles. The average Bonchev–Trinajstić information content (AvgIpc) is 3.18. The standard InChI is InChI=1S/C21H25N3O5/c1-6-13-9-7-8-10-14(13)23-18(26)15-16(20(28)29-5)22-24(17(15)19(23)27)21(3,4)11-12(2)25/h7-10,15,17H,6,11H2,1-5H3. The molecule has 0 aliphatic carbocycles. The lowest BCUT2D eigenvalue weighted by Gasteiger charge is -2.36. The van der Waals surface area contributed by atoms with E-state index in [1.807, 2.05) is 19.1 Å². The zero-order chi connectivity index (χ0) is 21.5. The van der Waals surface area contributed by atoms with Gasteiger partial charge in [-0.05, 0) is 38.8 Å². The molecule has 1 aromatic rings. The summed E-state index contributed by atoms with van der Waals surface area (Å²) in [6.45, 7) is 6.91. The number of ketones is 1. The van der Waals surface area contributed by atoms with E-state index in [9.17, 15) is 19.2 Å². The van der Waals surface area contributed by atoms with Gasteiger partial charge >= 0.3 is 5.97 Å². The van der Waals surface area contributed by atoms with E-state index in [2.05, 4.69) is 5.10 Å². The van der Waals surface area contributed by atoms with E-state index in [0.29, 0.717) is 12.1 Å². The fourth-order valence-electron chi connectivity index (χ4n) is 4.15. The molecule has 2 aliphatic rings. The van der Waals surface area contributed by atoms with Crippen molar-refractivity contribution < 1.29 is 23.9 Å². The molecule has 2 heterocycles. The summed E-state index contributed by atoms with van der Waals surface area (Å²) < 4.78 is 4.81. The highest BCUT2D eigenvalue weighted by Crippen LogP contribution is 2.40. The van der Waals surface area contributed by atoms with Crippen LogP contribution in [0.3, 0.4) is 0 Å². The number of Topliss-reactive ketones (excluding diaryl/α,β-unsaturated/α-hetero) is 1. The Morgan fingerprint density at radius 3 is 2.41 bits per heavy atom. The normalized spacial score (nSPS) is 21.3. The molecule has 8 heteroatoms. The summed E-state index contributed by atoms with van der Waals surface area (Å²) in [5, 5.41) is 5.73. The number of imide groups is 1. The number of benzene rings is 1. The topological polar surface area (TPSA) is 96.3 Å². The predicted octanol–water partition coefficient (Wildman–Crippen LogP) is 1.71. The molecular weight excluding hydrogens is 374 g/mol. The van der Waals surface area contributed by atoms with Gasteiger partial charge in [0.25, 0.3) is 5.91 Å². The predicted molar refractivity (Wildman–Crippen MR) is 106 cm³/mol. The van der Waals surface area contributed by atoms with Crippen molar-refractivity contribution in [2.45, 2.75) is 52.1 Å². The Bertz CT molecular complexity index is 921. The van der Waals surface area contributed by atoms with E-state index >= 15 is 0 Å². The number of hydrogen-bond acceptors (Lipinski definition) is 7. The Balaban J connectivity index is 2.11. The summed E-state index contributed by atoms with van der Waals surface area (Å²) in [5.41, 5.74) is 0.387. The number of ether oxygens (including phenoxy) is 1. The molecule has 29 heavy (non-hydrogen) atoms. The van der Waals surface area contributed by atoms with Crippen molar-refractivity contribution in [1.29, 1.82) is 0 Å². The molecular formula is C21H25N3O5. The van der Waals surface area contributed by atoms with Gasteiger partial charge in [-0.2, -0.15) is 5.10 Å². The number of carbonyl (C=O) groups is 4. The minimum atomic E-state index is -1.06. The van der Waals surface area contributed by atoms with Gasteiger partial charge in [0.1, 0.15) is 17.7 Å². The van der Waals surface area contributed by atoms with Gasteiger partial charge in [0.2, 0.25) is 5.91 Å². The van der Waals surface area contributed by atoms with Crippen LogP contribution in [0, 0.1) is 5.92 Å². The molecule has 1 aromatic carbocycles. The van der Waals surface area contributed by atoms with E-state index in [-0.39, 0.29) is 17.9 Å². The second-order valence-corrected chi connectivity index (χ2v) is 7.93. The molecule has 0 bridgehead atoms. The maximum Gasteiger partial charge on any atom is 0.355 e. The number of methoxy groups -OCH3 is 1. The van der Waals surface area contributed by atoms with Crippen LogP contribution >= 0.6 is 0 Å². The number of fused-ring (bicyclic) bond motifs is 1. The highest BCUT2D eigenvalue weighted by molar-refractivity contribution is 6.46. The minimum absolute atomic E-state index is 0.0850. The molecule has 2 unspecified atom stereocenters. The highest BCUT2D eigenvalue weighted by Gasteiger charge is 2.61.